The molecule has 55 heavy (non-hydrogen) atoms. The average molecular weight is 704 g/mol. The first-order chi connectivity index (χ1) is 27.2. The number of rotatable bonds is 6. The molecule has 0 radical (unpaired) electrons. The van der Waals surface area contributed by atoms with Gasteiger partial charge in [-0.25, -0.2) is 4.98 Å². The third-order valence-electron chi connectivity index (χ3n) is 11.0. The molecule has 2 nitrogen and oxygen atoms in total. The highest BCUT2D eigenvalue weighted by atomic mass is 16.3. The van der Waals surface area contributed by atoms with Crippen molar-refractivity contribution in [3.8, 4) is 44.8 Å². The summed E-state index contributed by atoms with van der Waals surface area (Å²) in [7, 11) is 0. The Bertz CT molecular complexity index is 3030. The van der Waals surface area contributed by atoms with E-state index < -0.39 is 0 Å². The van der Waals surface area contributed by atoms with E-state index in [9.17, 15) is 0 Å². The number of allylic oxidation sites excluding steroid dienone is 1. The molecule has 0 aliphatic heterocycles. The van der Waals surface area contributed by atoms with E-state index in [-0.39, 0.29) is 5.92 Å². The highest BCUT2D eigenvalue weighted by Gasteiger charge is 2.22. The average Bonchev–Trinajstić information content (AvgIpc) is 3.62. The number of hydrogen-bond acceptors (Lipinski definition) is 2. The normalized spacial score (nSPS) is 14.1. The van der Waals surface area contributed by atoms with Crippen LogP contribution in [0.2, 0.25) is 0 Å². The Morgan fingerprint density at radius 2 is 1.22 bits per heavy atom. The van der Waals surface area contributed by atoms with E-state index in [0.717, 1.165) is 39.8 Å². The van der Waals surface area contributed by atoms with Gasteiger partial charge >= 0.3 is 0 Å². The quantitative estimate of drug-likeness (QED) is 0.161. The van der Waals surface area contributed by atoms with Crippen molar-refractivity contribution in [1.82, 2.24) is 4.98 Å². The van der Waals surface area contributed by atoms with Gasteiger partial charge in [-0.3, -0.25) is 0 Å². The first-order valence-electron chi connectivity index (χ1n) is 18.9. The zero-order valence-corrected chi connectivity index (χ0v) is 30.3. The van der Waals surface area contributed by atoms with Crippen molar-refractivity contribution in [3.63, 3.8) is 0 Å². The van der Waals surface area contributed by atoms with Crippen LogP contribution < -0.4 is 10.4 Å². The monoisotopic (exact) mass is 703 g/mol. The fourth-order valence-corrected chi connectivity index (χ4v) is 8.32. The molecule has 1 aliphatic carbocycles. The molecular formula is C53H37NO. The van der Waals surface area contributed by atoms with Gasteiger partial charge in [0.2, 0.25) is 5.89 Å². The first-order valence-corrected chi connectivity index (χ1v) is 18.9. The van der Waals surface area contributed by atoms with Crippen LogP contribution in [0.4, 0.5) is 0 Å². The number of fused-ring (bicyclic) bond motifs is 3. The Balaban J connectivity index is 1.14. The van der Waals surface area contributed by atoms with Gasteiger partial charge in [0.05, 0.1) is 0 Å². The van der Waals surface area contributed by atoms with E-state index >= 15 is 0 Å². The molecule has 1 aliphatic rings. The maximum absolute atomic E-state index is 6.28. The molecule has 0 saturated carbocycles. The minimum Gasteiger partial charge on any atom is -0.436 e. The van der Waals surface area contributed by atoms with Gasteiger partial charge in [-0.1, -0.05) is 176 Å². The van der Waals surface area contributed by atoms with Gasteiger partial charge in [0.25, 0.3) is 0 Å². The Kier molecular flexibility index (Phi) is 8.15. The Morgan fingerprint density at radius 1 is 0.527 bits per heavy atom. The molecule has 0 fully saturated rings. The molecule has 1 aromatic heterocycles. The standard InChI is InChI=1S/C53H37NO/c1-35-31-49(43-23-10-9-20-42(43)33-48(35)36-15-4-2-5-16-36)46-25-12-13-26-47(46)52-44-24-11-8-17-37(44)27-29-45(52)41-22-14-21-39(32-41)40-28-30-50-51(34-40)55-53(54-50)38-18-6-3-7-19-38/h2-30,32-34,48H,1,31H2. The zero-order chi connectivity index (χ0) is 36.7. The summed E-state index contributed by atoms with van der Waals surface area (Å²) in [4.78, 5) is 4.77. The first kappa shape index (κ1) is 32.6. The number of nitrogens with zero attached hydrogens (tertiary/aromatic N) is 1. The van der Waals surface area contributed by atoms with Crippen LogP contribution in [-0.2, 0) is 0 Å². The Hall–Kier alpha value is -7.03. The predicted octanol–water partition coefficient (Wildman–Crippen LogP) is 12.4. The fourth-order valence-electron chi connectivity index (χ4n) is 8.32. The van der Waals surface area contributed by atoms with Gasteiger partial charge in [-0.05, 0) is 108 Å². The van der Waals surface area contributed by atoms with E-state index in [1.807, 2.05) is 30.3 Å². The summed E-state index contributed by atoms with van der Waals surface area (Å²) >= 11 is 0. The van der Waals surface area contributed by atoms with Crippen molar-refractivity contribution in [2.24, 2.45) is 0 Å². The van der Waals surface area contributed by atoms with Crippen LogP contribution in [0.25, 0.3) is 78.4 Å². The van der Waals surface area contributed by atoms with Crippen molar-refractivity contribution in [2.45, 2.75) is 12.3 Å². The number of benzene rings is 8. The molecule has 8 aromatic carbocycles. The van der Waals surface area contributed by atoms with E-state index in [2.05, 4.69) is 164 Å². The summed E-state index contributed by atoms with van der Waals surface area (Å²) in [5, 5.41) is 4.94. The van der Waals surface area contributed by atoms with Crippen LogP contribution in [0.5, 0.6) is 0 Å². The van der Waals surface area contributed by atoms with Crippen molar-refractivity contribution in [3.05, 3.63) is 222 Å². The lowest BCUT2D eigenvalue weighted by Gasteiger charge is -2.21. The molecular weight excluding hydrogens is 667 g/mol. The maximum Gasteiger partial charge on any atom is 0.227 e. The highest BCUT2D eigenvalue weighted by molar-refractivity contribution is 6.06. The van der Waals surface area contributed by atoms with Crippen molar-refractivity contribution >= 4 is 33.5 Å². The molecule has 0 N–H and O–H groups in total. The second kappa shape index (κ2) is 13.7. The summed E-state index contributed by atoms with van der Waals surface area (Å²) in [5.74, 6) is 0.760. The summed E-state index contributed by atoms with van der Waals surface area (Å²) in [6.45, 7) is 4.72. The minimum atomic E-state index is 0.129. The van der Waals surface area contributed by atoms with Crippen LogP contribution in [0.3, 0.4) is 0 Å². The van der Waals surface area contributed by atoms with Crippen LogP contribution in [0, 0.1) is 0 Å². The van der Waals surface area contributed by atoms with Crippen LogP contribution in [-0.4, -0.2) is 4.98 Å². The van der Waals surface area contributed by atoms with Gasteiger partial charge < -0.3 is 4.42 Å². The third kappa shape index (κ3) is 5.99. The van der Waals surface area contributed by atoms with Crippen LogP contribution in [0.15, 0.2) is 205 Å². The van der Waals surface area contributed by atoms with Gasteiger partial charge in [0.15, 0.2) is 5.58 Å². The van der Waals surface area contributed by atoms with Crippen molar-refractivity contribution in [1.29, 1.82) is 0 Å². The number of hydrogen-bond donors (Lipinski definition) is 0. The zero-order valence-electron chi connectivity index (χ0n) is 30.3. The third-order valence-corrected chi connectivity index (χ3v) is 11.0. The lowest BCUT2D eigenvalue weighted by molar-refractivity contribution is 0.620. The summed E-state index contributed by atoms with van der Waals surface area (Å²) in [6.07, 6.45) is 3.17. The molecule has 0 amide bonds. The molecule has 1 atom stereocenters. The summed E-state index contributed by atoms with van der Waals surface area (Å²) in [6, 6.07) is 67.1. The molecule has 2 heteroatoms. The fraction of sp³-hybridized carbons (Fsp3) is 0.0377. The van der Waals surface area contributed by atoms with Gasteiger partial charge in [-0.2, -0.15) is 0 Å². The summed E-state index contributed by atoms with van der Waals surface area (Å²) in [5.41, 5.74) is 14.6. The molecule has 0 saturated heterocycles. The topological polar surface area (TPSA) is 26.0 Å². The molecule has 260 valence electrons. The van der Waals surface area contributed by atoms with E-state index in [1.165, 1.54) is 60.2 Å². The Labute approximate surface area is 320 Å². The number of oxazole rings is 1. The van der Waals surface area contributed by atoms with Gasteiger partial charge in [0.1, 0.15) is 5.52 Å². The van der Waals surface area contributed by atoms with Gasteiger partial charge in [0, 0.05) is 11.5 Å². The van der Waals surface area contributed by atoms with Gasteiger partial charge in [-0.15, -0.1) is 0 Å². The summed E-state index contributed by atoms with van der Waals surface area (Å²) < 4.78 is 6.28. The second-order valence-electron chi connectivity index (χ2n) is 14.4. The molecule has 10 rings (SSSR count). The van der Waals surface area contributed by atoms with E-state index in [1.54, 1.807) is 0 Å². The lowest BCUT2D eigenvalue weighted by Crippen LogP contribution is -2.26. The molecule has 1 unspecified atom stereocenters. The van der Waals surface area contributed by atoms with Crippen molar-refractivity contribution < 1.29 is 4.42 Å². The molecule has 9 aromatic rings. The lowest BCUT2D eigenvalue weighted by atomic mass is 9.83. The Morgan fingerprint density at radius 3 is 2.09 bits per heavy atom. The van der Waals surface area contributed by atoms with Crippen LogP contribution in [0.1, 0.15) is 23.5 Å². The van der Waals surface area contributed by atoms with Crippen LogP contribution >= 0.6 is 0 Å². The maximum atomic E-state index is 6.28. The van der Waals surface area contributed by atoms with E-state index in [4.69, 9.17) is 16.0 Å². The number of aromatic nitrogens is 1. The molecule has 1 heterocycles. The van der Waals surface area contributed by atoms with E-state index in [0.29, 0.717) is 5.89 Å². The van der Waals surface area contributed by atoms with Crippen molar-refractivity contribution in [2.75, 3.05) is 0 Å². The largest absolute Gasteiger partial charge is 0.436 e. The molecule has 0 spiro atoms. The smallest absolute Gasteiger partial charge is 0.227 e. The second-order valence-corrected chi connectivity index (χ2v) is 14.4. The molecule has 0 bridgehead atoms. The SMILES string of the molecule is C=C1CC(c2ccccc2-c2c(-c3cccc(-c4ccc5nc(-c6ccccc6)oc5c4)c3)ccc3ccccc23)=c2ccccc2=CC1c1ccccc1. The highest BCUT2D eigenvalue weighted by Crippen LogP contribution is 2.43. The minimum absolute atomic E-state index is 0.129. The predicted molar refractivity (Wildman–Crippen MR) is 229 cm³/mol.